The van der Waals surface area contributed by atoms with Gasteiger partial charge < -0.3 is 0 Å². The van der Waals surface area contributed by atoms with Crippen molar-refractivity contribution >= 4 is 0 Å². The van der Waals surface area contributed by atoms with E-state index in [0.717, 1.165) is 6.42 Å². The highest BCUT2D eigenvalue weighted by Crippen LogP contribution is 2.39. The number of rotatable bonds is 3. The van der Waals surface area contributed by atoms with E-state index in [1.165, 1.54) is 16.7 Å². The van der Waals surface area contributed by atoms with Gasteiger partial charge in [-0.05, 0) is 30.0 Å². The summed E-state index contributed by atoms with van der Waals surface area (Å²) in [6.45, 7) is 2.31. The molecule has 0 spiro atoms. The maximum absolute atomic E-state index is 2.31. The van der Waals surface area contributed by atoms with E-state index in [1.807, 2.05) is 0 Å². The van der Waals surface area contributed by atoms with Gasteiger partial charge in [0.15, 0.2) is 0 Å². The first kappa shape index (κ1) is 13.6. The van der Waals surface area contributed by atoms with Crippen LogP contribution in [0.1, 0.15) is 24.5 Å². The molecule has 0 bridgehead atoms. The molecule has 0 atom stereocenters. The third kappa shape index (κ3) is 2.62. The van der Waals surface area contributed by atoms with Crippen molar-refractivity contribution in [2.45, 2.75) is 18.8 Å². The van der Waals surface area contributed by atoms with Crippen LogP contribution in [0.4, 0.5) is 0 Å². The first-order chi connectivity index (χ1) is 10.3. The summed E-state index contributed by atoms with van der Waals surface area (Å²) in [5.74, 6) is 0. The summed E-state index contributed by atoms with van der Waals surface area (Å²) in [5.41, 5.74) is 3.84. The average Bonchev–Trinajstić information content (AvgIpc) is 2.85. The molecule has 0 aliphatic heterocycles. The van der Waals surface area contributed by atoms with Gasteiger partial charge >= 0.3 is 0 Å². The van der Waals surface area contributed by atoms with Crippen molar-refractivity contribution in [1.82, 2.24) is 0 Å². The van der Waals surface area contributed by atoms with Crippen LogP contribution in [0, 0.1) is 0 Å². The summed E-state index contributed by atoms with van der Waals surface area (Å²) in [6, 6.07) is 21.5. The number of hydrogen-bond acceptors (Lipinski definition) is 0. The Balaban J connectivity index is 2.20. The molecule has 0 saturated carbocycles. The van der Waals surface area contributed by atoms with E-state index >= 15 is 0 Å². The molecule has 0 N–H and O–H groups in total. The van der Waals surface area contributed by atoms with E-state index in [4.69, 9.17) is 0 Å². The lowest BCUT2D eigenvalue weighted by Crippen LogP contribution is -2.25. The molecule has 0 heteroatoms. The van der Waals surface area contributed by atoms with Gasteiger partial charge in [-0.1, -0.05) is 91.0 Å². The maximum atomic E-state index is 2.31. The Morgan fingerprint density at radius 2 is 1.33 bits per heavy atom. The highest BCUT2D eigenvalue weighted by molar-refractivity contribution is 5.52. The van der Waals surface area contributed by atoms with Gasteiger partial charge in [-0.15, -0.1) is 0 Å². The molecule has 1 aliphatic carbocycles. The molecule has 0 radical (unpaired) electrons. The van der Waals surface area contributed by atoms with Crippen LogP contribution in [0.5, 0.6) is 0 Å². The Bertz CT molecular complexity index is 633. The van der Waals surface area contributed by atoms with Gasteiger partial charge in [0.2, 0.25) is 0 Å². The Morgan fingerprint density at radius 3 is 1.90 bits per heavy atom. The van der Waals surface area contributed by atoms with E-state index in [0.29, 0.717) is 0 Å². The van der Waals surface area contributed by atoms with Gasteiger partial charge in [0.25, 0.3) is 0 Å². The van der Waals surface area contributed by atoms with Gasteiger partial charge in [0.1, 0.15) is 0 Å². The van der Waals surface area contributed by atoms with Crippen LogP contribution in [0.2, 0.25) is 0 Å². The lowest BCUT2D eigenvalue weighted by atomic mass is 9.70. The molecule has 0 aromatic heterocycles. The fraction of sp³-hybridized carbons (Fsp3) is 0.143. The van der Waals surface area contributed by atoms with Crippen molar-refractivity contribution in [3.63, 3.8) is 0 Å². The Hall–Kier alpha value is -2.34. The van der Waals surface area contributed by atoms with Crippen LogP contribution >= 0.6 is 0 Å². The van der Waals surface area contributed by atoms with E-state index in [9.17, 15) is 0 Å². The largest absolute Gasteiger partial charge is 0.0807 e. The number of hydrogen-bond donors (Lipinski definition) is 0. The third-order valence-electron chi connectivity index (χ3n) is 4.26. The summed E-state index contributed by atoms with van der Waals surface area (Å²) in [4.78, 5) is 0. The van der Waals surface area contributed by atoms with E-state index in [2.05, 4.69) is 98.0 Å². The normalized spacial score (nSPS) is 14.6. The summed E-state index contributed by atoms with van der Waals surface area (Å²) in [7, 11) is 0. The summed E-state index contributed by atoms with van der Waals surface area (Å²) in [6.07, 6.45) is 12.1. The lowest BCUT2D eigenvalue weighted by Gasteiger charge is -2.32. The minimum atomic E-state index is -0.131. The van der Waals surface area contributed by atoms with Crippen LogP contribution < -0.4 is 0 Å². The molecule has 2 aromatic rings. The molecule has 0 saturated heterocycles. The van der Waals surface area contributed by atoms with E-state index in [1.54, 1.807) is 0 Å². The fourth-order valence-electron chi connectivity index (χ4n) is 2.96. The van der Waals surface area contributed by atoms with E-state index in [-0.39, 0.29) is 5.41 Å². The minimum Gasteiger partial charge on any atom is -0.0807 e. The quantitative estimate of drug-likeness (QED) is 0.698. The predicted octanol–water partition coefficient (Wildman–Crippen LogP) is 5.44. The maximum Gasteiger partial charge on any atom is 0.0423 e. The molecule has 0 fully saturated rings. The molecule has 3 rings (SSSR count). The standard InChI is InChI=1S/C21H20/c1-21(19-14-8-4-9-15-19,20-16-10-5-11-17-20)18-12-6-2-3-7-13-18/h2,4-17H,3H2,1H3. The van der Waals surface area contributed by atoms with Crippen molar-refractivity contribution < 1.29 is 0 Å². The first-order valence-electron chi connectivity index (χ1n) is 7.47. The van der Waals surface area contributed by atoms with Crippen molar-refractivity contribution in [2.24, 2.45) is 0 Å². The molecule has 1 aliphatic rings. The molecule has 0 heterocycles. The average molecular weight is 272 g/mol. The molecule has 21 heavy (non-hydrogen) atoms. The Labute approximate surface area is 127 Å². The zero-order chi connectivity index (χ0) is 14.5. The second-order valence-corrected chi connectivity index (χ2v) is 5.55. The highest BCUT2D eigenvalue weighted by atomic mass is 14.3. The topological polar surface area (TPSA) is 0 Å². The Kier molecular flexibility index (Phi) is 3.87. The minimum absolute atomic E-state index is 0.131. The van der Waals surface area contributed by atoms with Gasteiger partial charge in [-0.25, -0.2) is 0 Å². The van der Waals surface area contributed by atoms with Crippen LogP contribution in [0.25, 0.3) is 0 Å². The van der Waals surface area contributed by atoms with Crippen LogP contribution in [0.15, 0.2) is 96.6 Å². The summed E-state index contributed by atoms with van der Waals surface area (Å²) < 4.78 is 0. The molecule has 0 unspecified atom stereocenters. The number of benzene rings is 2. The highest BCUT2D eigenvalue weighted by Gasteiger charge is 2.31. The fourth-order valence-corrected chi connectivity index (χ4v) is 2.96. The second kappa shape index (κ2) is 5.97. The van der Waals surface area contributed by atoms with Crippen molar-refractivity contribution in [3.8, 4) is 0 Å². The molecule has 2 aromatic carbocycles. The van der Waals surface area contributed by atoms with Gasteiger partial charge in [-0.3, -0.25) is 0 Å². The summed E-state index contributed by atoms with van der Waals surface area (Å²) >= 11 is 0. The van der Waals surface area contributed by atoms with Crippen molar-refractivity contribution in [2.75, 3.05) is 0 Å². The lowest BCUT2D eigenvalue weighted by molar-refractivity contribution is 0.691. The Morgan fingerprint density at radius 1 is 0.762 bits per heavy atom. The smallest absolute Gasteiger partial charge is 0.0423 e. The zero-order valence-corrected chi connectivity index (χ0v) is 12.4. The van der Waals surface area contributed by atoms with E-state index < -0.39 is 0 Å². The second-order valence-electron chi connectivity index (χ2n) is 5.55. The zero-order valence-electron chi connectivity index (χ0n) is 12.4. The molecule has 0 amide bonds. The third-order valence-corrected chi connectivity index (χ3v) is 4.26. The number of allylic oxidation sites excluding steroid dienone is 6. The van der Waals surface area contributed by atoms with Crippen molar-refractivity contribution in [1.29, 1.82) is 0 Å². The van der Waals surface area contributed by atoms with Crippen LogP contribution in [-0.2, 0) is 5.41 Å². The first-order valence-corrected chi connectivity index (χ1v) is 7.47. The molecular weight excluding hydrogens is 252 g/mol. The van der Waals surface area contributed by atoms with Gasteiger partial charge in [0.05, 0.1) is 0 Å². The molecular formula is C21H20. The predicted molar refractivity (Wildman–Crippen MR) is 90.3 cm³/mol. The van der Waals surface area contributed by atoms with Crippen molar-refractivity contribution in [3.05, 3.63) is 108 Å². The monoisotopic (exact) mass is 272 g/mol. The van der Waals surface area contributed by atoms with Crippen LogP contribution in [0.3, 0.4) is 0 Å². The van der Waals surface area contributed by atoms with Gasteiger partial charge in [-0.2, -0.15) is 0 Å². The summed E-state index contributed by atoms with van der Waals surface area (Å²) in [5, 5.41) is 0. The van der Waals surface area contributed by atoms with Crippen LogP contribution in [-0.4, -0.2) is 0 Å². The molecule has 0 nitrogen and oxygen atoms in total. The molecule has 104 valence electrons. The van der Waals surface area contributed by atoms with Gasteiger partial charge in [0, 0.05) is 5.41 Å². The SMILES string of the molecule is CC(C1=CC=CCC=C1)(c1ccccc1)c1ccccc1.